The van der Waals surface area contributed by atoms with E-state index in [4.69, 9.17) is 14.9 Å². The molecule has 0 amide bonds. The molecular weight excluding hydrogens is 266 g/mol. The summed E-state index contributed by atoms with van der Waals surface area (Å²) in [5.41, 5.74) is 2.09. The third-order valence-electron chi connectivity index (χ3n) is 3.19. The van der Waals surface area contributed by atoms with E-state index >= 15 is 0 Å². The zero-order valence-corrected chi connectivity index (χ0v) is 12.0. The van der Waals surface area contributed by atoms with Crippen molar-refractivity contribution in [3.8, 4) is 5.75 Å². The number of rotatable bonds is 8. The van der Waals surface area contributed by atoms with Crippen molar-refractivity contribution < 1.29 is 14.9 Å². The molecule has 2 N–H and O–H groups in total. The number of hydrogen-bond donors (Lipinski definition) is 2. The summed E-state index contributed by atoms with van der Waals surface area (Å²) in [7, 11) is 0. The highest BCUT2D eigenvalue weighted by Gasteiger charge is 2.05. The Bertz CT molecular complexity index is 507. The van der Waals surface area contributed by atoms with E-state index in [9.17, 15) is 0 Å². The molecule has 0 fully saturated rings. The van der Waals surface area contributed by atoms with Gasteiger partial charge in [0.15, 0.2) is 0 Å². The van der Waals surface area contributed by atoms with Gasteiger partial charge < -0.3 is 19.8 Å². The first-order valence-electron chi connectivity index (χ1n) is 7.07. The molecule has 0 spiro atoms. The van der Waals surface area contributed by atoms with E-state index in [1.807, 2.05) is 59.5 Å². The van der Waals surface area contributed by atoms with Gasteiger partial charge in [-0.2, -0.15) is 0 Å². The maximum Gasteiger partial charge on any atom is 0.119 e. The van der Waals surface area contributed by atoms with Crippen LogP contribution in [0.3, 0.4) is 0 Å². The Morgan fingerprint density at radius 1 is 0.810 bits per heavy atom. The highest BCUT2D eigenvalue weighted by atomic mass is 16.5. The third kappa shape index (κ3) is 4.77. The molecule has 2 rings (SSSR count). The Morgan fingerprint density at radius 3 is 2.00 bits per heavy atom. The van der Waals surface area contributed by atoms with Crippen LogP contribution < -0.4 is 9.64 Å². The number of benzene rings is 2. The molecule has 4 nitrogen and oxygen atoms in total. The Balaban J connectivity index is 1.94. The molecule has 0 saturated carbocycles. The van der Waals surface area contributed by atoms with Crippen molar-refractivity contribution in [2.45, 2.75) is 6.61 Å². The predicted octanol–water partition coefficient (Wildman–Crippen LogP) is 2.06. The van der Waals surface area contributed by atoms with Crippen LogP contribution >= 0.6 is 0 Å². The topological polar surface area (TPSA) is 52.9 Å². The maximum absolute atomic E-state index is 9.04. The monoisotopic (exact) mass is 287 g/mol. The van der Waals surface area contributed by atoms with Gasteiger partial charge in [0, 0.05) is 18.8 Å². The van der Waals surface area contributed by atoms with Crippen LogP contribution in [0.1, 0.15) is 5.56 Å². The van der Waals surface area contributed by atoms with Gasteiger partial charge in [-0.25, -0.2) is 0 Å². The van der Waals surface area contributed by atoms with Gasteiger partial charge in [-0.15, -0.1) is 0 Å². The molecular formula is C17H21NO3. The zero-order chi connectivity index (χ0) is 14.9. The quantitative estimate of drug-likeness (QED) is 0.780. The molecule has 2 aromatic carbocycles. The van der Waals surface area contributed by atoms with Crippen LogP contribution in [0.5, 0.6) is 5.75 Å². The van der Waals surface area contributed by atoms with Gasteiger partial charge in [0.1, 0.15) is 12.4 Å². The van der Waals surface area contributed by atoms with Gasteiger partial charge in [-0.3, -0.25) is 0 Å². The van der Waals surface area contributed by atoms with E-state index in [0.717, 1.165) is 17.0 Å². The first-order valence-corrected chi connectivity index (χ1v) is 7.07. The fourth-order valence-corrected chi connectivity index (χ4v) is 2.11. The van der Waals surface area contributed by atoms with Gasteiger partial charge in [0.05, 0.1) is 13.2 Å². The molecule has 0 heterocycles. The lowest BCUT2D eigenvalue weighted by Gasteiger charge is -2.23. The summed E-state index contributed by atoms with van der Waals surface area (Å²) in [6.45, 7) is 1.67. The Labute approximate surface area is 125 Å². The second kappa shape index (κ2) is 8.29. The Morgan fingerprint density at radius 2 is 1.43 bits per heavy atom. The second-order valence-electron chi connectivity index (χ2n) is 4.70. The number of hydrogen-bond acceptors (Lipinski definition) is 4. The Hall–Kier alpha value is -2.04. The molecule has 0 aliphatic carbocycles. The van der Waals surface area contributed by atoms with E-state index in [-0.39, 0.29) is 13.2 Å². The van der Waals surface area contributed by atoms with Crippen molar-refractivity contribution in [1.29, 1.82) is 0 Å². The second-order valence-corrected chi connectivity index (χ2v) is 4.70. The summed E-state index contributed by atoms with van der Waals surface area (Å²) in [5.74, 6) is 0.801. The van der Waals surface area contributed by atoms with E-state index in [2.05, 4.69) is 0 Å². The molecule has 0 unspecified atom stereocenters. The van der Waals surface area contributed by atoms with Gasteiger partial charge in [0.2, 0.25) is 0 Å². The zero-order valence-electron chi connectivity index (χ0n) is 12.0. The number of nitrogens with zero attached hydrogens (tertiary/aromatic N) is 1. The van der Waals surface area contributed by atoms with Gasteiger partial charge in [-0.05, 0) is 29.8 Å². The number of aliphatic hydroxyl groups is 2. The fourth-order valence-electron chi connectivity index (χ4n) is 2.11. The summed E-state index contributed by atoms with van der Waals surface area (Å²) >= 11 is 0. The van der Waals surface area contributed by atoms with E-state index in [0.29, 0.717) is 19.7 Å². The highest BCUT2D eigenvalue weighted by molar-refractivity contribution is 5.49. The minimum atomic E-state index is 0.0618. The average Bonchev–Trinajstić information content (AvgIpc) is 2.54. The van der Waals surface area contributed by atoms with Crippen LogP contribution in [0.15, 0.2) is 54.6 Å². The smallest absolute Gasteiger partial charge is 0.119 e. The van der Waals surface area contributed by atoms with E-state index in [1.54, 1.807) is 0 Å². The lowest BCUT2D eigenvalue weighted by molar-refractivity contribution is 0.281. The first-order chi connectivity index (χ1) is 10.3. The van der Waals surface area contributed by atoms with Crippen LogP contribution in [-0.2, 0) is 6.61 Å². The van der Waals surface area contributed by atoms with Crippen molar-refractivity contribution in [1.82, 2.24) is 0 Å². The van der Waals surface area contributed by atoms with Crippen molar-refractivity contribution in [3.05, 3.63) is 60.2 Å². The summed E-state index contributed by atoms with van der Waals surface area (Å²) in [4.78, 5) is 1.93. The van der Waals surface area contributed by atoms with Gasteiger partial charge in [-0.1, -0.05) is 30.3 Å². The summed E-state index contributed by atoms with van der Waals surface area (Å²) in [6, 6.07) is 17.7. The number of anilines is 1. The molecule has 21 heavy (non-hydrogen) atoms. The molecule has 0 atom stereocenters. The third-order valence-corrected chi connectivity index (χ3v) is 3.19. The molecule has 2 aromatic rings. The molecule has 0 aromatic heterocycles. The van der Waals surface area contributed by atoms with Crippen LogP contribution in [-0.4, -0.2) is 36.5 Å². The van der Waals surface area contributed by atoms with Crippen LogP contribution in [0.2, 0.25) is 0 Å². The molecule has 0 aliphatic heterocycles. The molecule has 4 heteroatoms. The summed E-state index contributed by atoms with van der Waals surface area (Å²) < 4.78 is 5.73. The standard InChI is InChI=1S/C17H21NO3/c19-12-10-18(11-13-20)16-6-8-17(9-7-16)21-14-15-4-2-1-3-5-15/h1-9,19-20H,10-14H2. The highest BCUT2D eigenvalue weighted by Crippen LogP contribution is 2.20. The largest absolute Gasteiger partial charge is 0.489 e. The number of ether oxygens (including phenoxy) is 1. The van der Waals surface area contributed by atoms with Crippen molar-refractivity contribution in [2.75, 3.05) is 31.2 Å². The first kappa shape index (κ1) is 15.4. The molecule has 0 aliphatic rings. The van der Waals surface area contributed by atoms with Crippen LogP contribution in [0.25, 0.3) is 0 Å². The minimum Gasteiger partial charge on any atom is -0.489 e. The number of aliphatic hydroxyl groups excluding tert-OH is 2. The normalized spacial score (nSPS) is 10.4. The lowest BCUT2D eigenvalue weighted by atomic mass is 10.2. The van der Waals surface area contributed by atoms with Crippen LogP contribution in [0.4, 0.5) is 5.69 Å². The lowest BCUT2D eigenvalue weighted by Crippen LogP contribution is -2.29. The fraction of sp³-hybridized carbons (Fsp3) is 0.294. The predicted molar refractivity (Wildman–Crippen MR) is 83.6 cm³/mol. The molecule has 0 saturated heterocycles. The van der Waals surface area contributed by atoms with Crippen molar-refractivity contribution >= 4 is 5.69 Å². The molecule has 112 valence electrons. The van der Waals surface area contributed by atoms with Crippen molar-refractivity contribution in [3.63, 3.8) is 0 Å². The average molecular weight is 287 g/mol. The van der Waals surface area contributed by atoms with E-state index in [1.165, 1.54) is 0 Å². The van der Waals surface area contributed by atoms with Gasteiger partial charge in [0.25, 0.3) is 0 Å². The minimum absolute atomic E-state index is 0.0618. The maximum atomic E-state index is 9.04. The molecule has 0 bridgehead atoms. The van der Waals surface area contributed by atoms with Crippen molar-refractivity contribution in [2.24, 2.45) is 0 Å². The van der Waals surface area contributed by atoms with Gasteiger partial charge >= 0.3 is 0 Å². The Kier molecular flexibility index (Phi) is 6.06. The summed E-state index contributed by atoms with van der Waals surface area (Å²) in [5, 5.41) is 18.1. The molecule has 0 radical (unpaired) electrons. The SMILES string of the molecule is OCCN(CCO)c1ccc(OCc2ccccc2)cc1. The van der Waals surface area contributed by atoms with E-state index < -0.39 is 0 Å². The summed E-state index contributed by atoms with van der Waals surface area (Å²) in [6.07, 6.45) is 0. The van der Waals surface area contributed by atoms with Crippen LogP contribution in [0, 0.1) is 0 Å².